The minimum Gasteiger partial charge on any atom is -0.342 e. The van der Waals surface area contributed by atoms with E-state index in [0.717, 1.165) is 38.5 Å². The van der Waals surface area contributed by atoms with Gasteiger partial charge in [-0.3, -0.25) is 9.69 Å². The van der Waals surface area contributed by atoms with Crippen molar-refractivity contribution >= 4 is 5.91 Å². The van der Waals surface area contributed by atoms with E-state index in [4.69, 9.17) is 0 Å². The summed E-state index contributed by atoms with van der Waals surface area (Å²) in [6.07, 6.45) is 6.13. The molecule has 110 valence electrons. The Kier molecular flexibility index (Phi) is 5.64. The minimum atomic E-state index is 0.306. The van der Waals surface area contributed by atoms with Gasteiger partial charge in [-0.15, -0.1) is 0 Å². The molecule has 0 aromatic heterocycles. The highest BCUT2D eigenvalue weighted by Gasteiger charge is 2.26. The highest BCUT2D eigenvalue weighted by molar-refractivity contribution is 5.78. The molecule has 0 radical (unpaired) electrons. The predicted octanol–water partition coefficient (Wildman–Crippen LogP) is 1.32. The molecule has 2 rings (SSSR count). The van der Waals surface area contributed by atoms with Crippen molar-refractivity contribution in [2.45, 2.75) is 45.1 Å². The molecule has 1 saturated carbocycles. The summed E-state index contributed by atoms with van der Waals surface area (Å²) in [7, 11) is 2.00. The molecule has 1 N–H and O–H groups in total. The summed E-state index contributed by atoms with van der Waals surface area (Å²) in [6.45, 7) is 7.06. The van der Waals surface area contributed by atoms with Crippen molar-refractivity contribution in [3.8, 4) is 0 Å². The van der Waals surface area contributed by atoms with Crippen LogP contribution < -0.4 is 5.32 Å². The molecule has 1 aliphatic carbocycles. The van der Waals surface area contributed by atoms with Crippen molar-refractivity contribution in [3.05, 3.63) is 0 Å². The molecule has 1 saturated heterocycles. The first-order valence-electron chi connectivity index (χ1n) is 7.85. The third-order valence-corrected chi connectivity index (χ3v) is 4.64. The molecule has 19 heavy (non-hydrogen) atoms. The molecule has 0 spiro atoms. The van der Waals surface area contributed by atoms with Gasteiger partial charge in [-0.1, -0.05) is 19.8 Å². The topological polar surface area (TPSA) is 35.6 Å². The van der Waals surface area contributed by atoms with Gasteiger partial charge in [-0.25, -0.2) is 0 Å². The van der Waals surface area contributed by atoms with E-state index in [1.807, 2.05) is 11.9 Å². The number of hydrogen-bond donors (Lipinski definition) is 1. The zero-order valence-corrected chi connectivity index (χ0v) is 12.5. The number of likely N-dealkylation sites (N-methyl/N-ethyl adjacent to an activating group) is 1. The van der Waals surface area contributed by atoms with Crippen LogP contribution in [0, 0.1) is 5.92 Å². The average Bonchev–Trinajstić information content (AvgIpc) is 2.66. The lowest BCUT2D eigenvalue weighted by Gasteiger charge is -2.35. The fourth-order valence-corrected chi connectivity index (χ4v) is 3.32. The highest BCUT2D eigenvalue weighted by Crippen LogP contribution is 2.26. The van der Waals surface area contributed by atoms with Gasteiger partial charge < -0.3 is 10.2 Å². The van der Waals surface area contributed by atoms with Crippen LogP contribution in [0.2, 0.25) is 0 Å². The van der Waals surface area contributed by atoms with Crippen LogP contribution in [0.1, 0.15) is 39.0 Å². The normalized spacial score (nSPS) is 29.8. The SMILES string of the molecule is CC1CCCC(N(C)C(=O)CN2CCCNCC2)C1. The van der Waals surface area contributed by atoms with Gasteiger partial charge in [0.05, 0.1) is 6.54 Å². The van der Waals surface area contributed by atoms with Gasteiger partial charge >= 0.3 is 0 Å². The zero-order chi connectivity index (χ0) is 13.7. The Labute approximate surface area is 117 Å². The largest absolute Gasteiger partial charge is 0.342 e. The molecule has 2 unspecified atom stereocenters. The summed E-state index contributed by atoms with van der Waals surface area (Å²) < 4.78 is 0. The van der Waals surface area contributed by atoms with E-state index in [9.17, 15) is 4.79 Å². The van der Waals surface area contributed by atoms with E-state index < -0.39 is 0 Å². The van der Waals surface area contributed by atoms with Gasteiger partial charge in [-0.05, 0) is 38.3 Å². The Bertz CT molecular complexity index is 287. The van der Waals surface area contributed by atoms with Crippen LogP contribution in [-0.4, -0.2) is 61.5 Å². The molecule has 0 aromatic carbocycles. The quantitative estimate of drug-likeness (QED) is 0.838. The summed E-state index contributed by atoms with van der Waals surface area (Å²) in [6, 6.07) is 0.473. The Morgan fingerprint density at radius 1 is 1.26 bits per heavy atom. The summed E-state index contributed by atoms with van der Waals surface area (Å²) in [5.41, 5.74) is 0. The lowest BCUT2D eigenvalue weighted by atomic mass is 9.86. The van der Waals surface area contributed by atoms with Crippen molar-refractivity contribution in [1.82, 2.24) is 15.1 Å². The summed E-state index contributed by atoms with van der Waals surface area (Å²) in [5.74, 6) is 1.08. The van der Waals surface area contributed by atoms with E-state index in [-0.39, 0.29) is 0 Å². The molecule has 2 atom stereocenters. The second-order valence-electron chi connectivity index (χ2n) is 6.31. The number of carbonyl (C=O) groups excluding carboxylic acids is 1. The first kappa shape index (κ1) is 14.8. The molecule has 0 bridgehead atoms. The molecular formula is C15H29N3O. The van der Waals surface area contributed by atoms with Crippen LogP contribution in [-0.2, 0) is 4.79 Å². The molecule has 1 amide bonds. The van der Waals surface area contributed by atoms with Crippen LogP contribution in [0.15, 0.2) is 0 Å². The molecule has 1 aliphatic heterocycles. The Balaban J connectivity index is 1.80. The third-order valence-electron chi connectivity index (χ3n) is 4.64. The first-order chi connectivity index (χ1) is 9.16. The van der Waals surface area contributed by atoms with Gasteiger partial charge in [-0.2, -0.15) is 0 Å². The summed E-state index contributed by atoms with van der Waals surface area (Å²) in [5, 5.41) is 3.38. The van der Waals surface area contributed by atoms with Crippen LogP contribution in [0.3, 0.4) is 0 Å². The number of nitrogens with one attached hydrogen (secondary N) is 1. The molecule has 0 aromatic rings. The smallest absolute Gasteiger partial charge is 0.236 e. The number of carbonyl (C=O) groups is 1. The van der Waals surface area contributed by atoms with Crippen LogP contribution in [0.5, 0.6) is 0 Å². The number of rotatable bonds is 3. The summed E-state index contributed by atoms with van der Waals surface area (Å²) in [4.78, 5) is 16.7. The van der Waals surface area contributed by atoms with Crippen molar-refractivity contribution in [2.24, 2.45) is 5.92 Å². The van der Waals surface area contributed by atoms with Gasteiger partial charge in [0, 0.05) is 26.2 Å². The Hall–Kier alpha value is -0.610. The maximum atomic E-state index is 12.4. The Morgan fingerprint density at radius 2 is 2.11 bits per heavy atom. The fourth-order valence-electron chi connectivity index (χ4n) is 3.32. The molecular weight excluding hydrogens is 238 g/mol. The number of nitrogens with zero attached hydrogens (tertiary/aromatic N) is 2. The van der Waals surface area contributed by atoms with Gasteiger partial charge in [0.1, 0.15) is 0 Å². The number of hydrogen-bond acceptors (Lipinski definition) is 3. The fraction of sp³-hybridized carbons (Fsp3) is 0.933. The van der Waals surface area contributed by atoms with Crippen molar-refractivity contribution in [2.75, 3.05) is 39.8 Å². The average molecular weight is 267 g/mol. The molecule has 2 fully saturated rings. The van der Waals surface area contributed by atoms with Crippen molar-refractivity contribution in [3.63, 3.8) is 0 Å². The standard InChI is InChI=1S/C15H29N3O/c1-13-5-3-6-14(11-13)17(2)15(19)12-18-9-4-7-16-8-10-18/h13-14,16H,3-12H2,1-2H3. The van der Waals surface area contributed by atoms with Crippen molar-refractivity contribution in [1.29, 1.82) is 0 Å². The lowest BCUT2D eigenvalue weighted by molar-refractivity contribution is -0.134. The molecule has 2 aliphatic rings. The van der Waals surface area contributed by atoms with E-state index in [0.29, 0.717) is 18.5 Å². The van der Waals surface area contributed by atoms with E-state index in [1.165, 1.54) is 25.7 Å². The van der Waals surface area contributed by atoms with Gasteiger partial charge in [0.2, 0.25) is 5.91 Å². The van der Waals surface area contributed by atoms with Gasteiger partial charge in [0.15, 0.2) is 0 Å². The highest BCUT2D eigenvalue weighted by atomic mass is 16.2. The second-order valence-corrected chi connectivity index (χ2v) is 6.31. The van der Waals surface area contributed by atoms with E-state index in [2.05, 4.69) is 17.1 Å². The molecule has 4 heteroatoms. The number of amides is 1. The molecule has 1 heterocycles. The van der Waals surface area contributed by atoms with Crippen LogP contribution >= 0.6 is 0 Å². The van der Waals surface area contributed by atoms with Crippen LogP contribution in [0.4, 0.5) is 0 Å². The zero-order valence-electron chi connectivity index (χ0n) is 12.5. The second kappa shape index (κ2) is 7.25. The van der Waals surface area contributed by atoms with E-state index in [1.54, 1.807) is 0 Å². The van der Waals surface area contributed by atoms with Gasteiger partial charge in [0.25, 0.3) is 0 Å². The third kappa shape index (κ3) is 4.46. The van der Waals surface area contributed by atoms with Crippen LogP contribution in [0.25, 0.3) is 0 Å². The monoisotopic (exact) mass is 267 g/mol. The minimum absolute atomic E-state index is 0.306. The van der Waals surface area contributed by atoms with E-state index >= 15 is 0 Å². The molecule has 4 nitrogen and oxygen atoms in total. The Morgan fingerprint density at radius 3 is 2.89 bits per heavy atom. The maximum absolute atomic E-state index is 12.4. The lowest BCUT2D eigenvalue weighted by Crippen LogP contribution is -2.45. The maximum Gasteiger partial charge on any atom is 0.236 e. The first-order valence-corrected chi connectivity index (χ1v) is 7.85. The predicted molar refractivity (Wildman–Crippen MR) is 78.1 cm³/mol. The summed E-state index contributed by atoms with van der Waals surface area (Å²) >= 11 is 0. The van der Waals surface area contributed by atoms with Crippen molar-refractivity contribution < 1.29 is 4.79 Å².